The minimum atomic E-state index is -0.832. The summed E-state index contributed by atoms with van der Waals surface area (Å²) >= 11 is 0. The molecule has 96 valence electrons. The van der Waals surface area contributed by atoms with Crippen molar-refractivity contribution in [2.24, 2.45) is 5.41 Å². The minimum absolute atomic E-state index is 0.588. The highest BCUT2D eigenvalue weighted by molar-refractivity contribution is 5.43. The van der Waals surface area contributed by atoms with Crippen LogP contribution in [0.5, 0.6) is 11.5 Å². The molecule has 1 aliphatic rings. The Bertz CT molecular complexity index is 474. The second-order valence-corrected chi connectivity index (χ2v) is 4.63. The predicted molar refractivity (Wildman–Crippen MR) is 66.4 cm³/mol. The van der Waals surface area contributed by atoms with Crippen LogP contribution >= 0.6 is 0 Å². The third-order valence-electron chi connectivity index (χ3n) is 3.72. The number of rotatable bonds is 4. The van der Waals surface area contributed by atoms with E-state index >= 15 is 0 Å². The standard InChI is InChI=1S/C14H17NO3/c1-17-10-4-5-12(18-2)11(8-10)13(16)14(9-15)6-3-7-14/h4-5,8,13,16H,3,6-7H2,1-2H3. The van der Waals surface area contributed by atoms with Gasteiger partial charge in [-0.1, -0.05) is 6.42 Å². The van der Waals surface area contributed by atoms with Crippen molar-refractivity contribution < 1.29 is 14.6 Å². The summed E-state index contributed by atoms with van der Waals surface area (Å²) < 4.78 is 10.4. The van der Waals surface area contributed by atoms with Crippen LogP contribution in [0.1, 0.15) is 30.9 Å². The van der Waals surface area contributed by atoms with Crippen molar-refractivity contribution in [3.05, 3.63) is 23.8 Å². The number of benzene rings is 1. The van der Waals surface area contributed by atoms with E-state index in [1.54, 1.807) is 32.4 Å². The molecule has 1 atom stereocenters. The zero-order valence-corrected chi connectivity index (χ0v) is 10.6. The van der Waals surface area contributed by atoms with Crippen molar-refractivity contribution in [2.45, 2.75) is 25.4 Å². The highest BCUT2D eigenvalue weighted by Gasteiger charge is 2.45. The van der Waals surface area contributed by atoms with Crippen LogP contribution < -0.4 is 9.47 Å². The summed E-state index contributed by atoms with van der Waals surface area (Å²) in [4.78, 5) is 0. The fraction of sp³-hybridized carbons (Fsp3) is 0.500. The molecule has 2 rings (SSSR count). The van der Waals surface area contributed by atoms with Crippen molar-refractivity contribution in [1.29, 1.82) is 5.26 Å². The molecule has 1 aromatic carbocycles. The van der Waals surface area contributed by atoms with E-state index in [1.165, 1.54) is 0 Å². The molecular weight excluding hydrogens is 230 g/mol. The minimum Gasteiger partial charge on any atom is -0.497 e. The third kappa shape index (κ3) is 1.91. The number of ether oxygens (including phenoxy) is 2. The quantitative estimate of drug-likeness (QED) is 0.887. The summed E-state index contributed by atoms with van der Waals surface area (Å²) in [6.45, 7) is 0. The Kier molecular flexibility index (Phi) is 3.44. The molecular formula is C14H17NO3. The molecule has 1 aliphatic carbocycles. The largest absolute Gasteiger partial charge is 0.497 e. The average molecular weight is 247 g/mol. The highest BCUT2D eigenvalue weighted by atomic mass is 16.5. The molecule has 4 nitrogen and oxygen atoms in total. The van der Waals surface area contributed by atoms with Gasteiger partial charge in [0, 0.05) is 5.56 Å². The van der Waals surface area contributed by atoms with E-state index in [2.05, 4.69) is 6.07 Å². The van der Waals surface area contributed by atoms with Crippen LogP contribution in [-0.2, 0) is 0 Å². The van der Waals surface area contributed by atoms with E-state index in [1.807, 2.05) is 0 Å². The molecule has 1 unspecified atom stereocenters. The Hall–Kier alpha value is -1.73. The van der Waals surface area contributed by atoms with Gasteiger partial charge in [0.25, 0.3) is 0 Å². The van der Waals surface area contributed by atoms with Gasteiger partial charge in [-0.25, -0.2) is 0 Å². The van der Waals surface area contributed by atoms with Crippen molar-refractivity contribution in [3.63, 3.8) is 0 Å². The van der Waals surface area contributed by atoms with Gasteiger partial charge in [-0.2, -0.15) is 5.26 Å². The van der Waals surface area contributed by atoms with Crippen LogP contribution in [0.15, 0.2) is 18.2 Å². The van der Waals surface area contributed by atoms with Gasteiger partial charge in [-0.05, 0) is 31.0 Å². The molecule has 0 bridgehead atoms. The first-order chi connectivity index (χ1) is 8.66. The summed E-state index contributed by atoms with van der Waals surface area (Å²) in [5.74, 6) is 1.24. The molecule has 0 heterocycles. The topological polar surface area (TPSA) is 62.5 Å². The summed E-state index contributed by atoms with van der Waals surface area (Å²) in [6, 6.07) is 7.52. The molecule has 0 amide bonds. The monoisotopic (exact) mass is 247 g/mol. The van der Waals surface area contributed by atoms with Crippen LogP contribution in [0.25, 0.3) is 0 Å². The lowest BCUT2D eigenvalue weighted by Crippen LogP contribution is -2.34. The lowest BCUT2D eigenvalue weighted by molar-refractivity contribution is 0.00636. The normalized spacial score (nSPS) is 18.3. The predicted octanol–water partition coefficient (Wildman–Crippen LogP) is 2.43. The zero-order chi connectivity index (χ0) is 13.2. The Labute approximate surface area is 107 Å². The van der Waals surface area contributed by atoms with Crippen LogP contribution in [0.2, 0.25) is 0 Å². The highest BCUT2D eigenvalue weighted by Crippen LogP contribution is 2.51. The molecule has 0 saturated heterocycles. The summed E-state index contributed by atoms with van der Waals surface area (Å²) in [7, 11) is 3.12. The van der Waals surface area contributed by atoms with E-state index in [0.29, 0.717) is 17.1 Å². The molecule has 18 heavy (non-hydrogen) atoms. The van der Waals surface area contributed by atoms with Gasteiger partial charge < -0.3 is 14.6 Å². The molecule has 4 heteroatoms. The van der Waals surface area contributed by atoms with E-state index < -0.39 is 11.5 Å². The number of methoxy groups -OCH3 is 2. The maximum Gasteiger partial charge on any atom is 0.124 e. The second kappa shape index (κ2) is 4.87. The van der Waals surface area contributed by atoms with Gasteiger partial charge in [0.05, 0.1) is 25.7 Å². The molecule has 1 saturated carbocycles. The van der Waals surface area contributed by atoms with E-state index in [4.69, 9.17) is 9.47 Å². The number of aliphatic hydroxyl groups excluding tert-OH is 1. The Morgan fingerprint density at radius 3 is 2.50 bits per heavy atom. The maximum atomic E-state index is 10.5. The summed E-state index contributed by atoms with van der Waals surface area (Å²) in [5, 5.41) is 19.7. The number of hydrogen-bond donors (Lipinski definition) is 1. The molecule has 1 fully saturated rings. The fourth-order valence-corrected chi connectivity index (χ4v) is 2.35. The van der Waals surface area contributed by atoms with E-state index in [9.17, 15) is 10.4 Å². The van der Waals surface area contributed by atoms with Gasteiger partial charge in [-0.3, -0.25) is 0 Å². The molecule has 0 aliphatic heterocycles. The Morgan fingerprint density at radius 1 is 1.33 bits per heavy atom. The number of nitriles is 1. The van der Waals surface area contributed by atoms with Gasteiger partial charge in [0.15, 0.2) is 0 Å². The van der Waals surface area contributed by atoms with Gasteiger partial charge >= 0.3 is 0 Å². The first-order valence-electron chi connectivity index (χ1n) is 5.98. The van der Waals surface area contributed by atoms with Gasteiger partial charge in [0.2, 0.25) is 0 Å². The van der Waals surface area contributed by atoms with Crippen LogP contribution in [0.3, 0.4) is 0 Å². The van der Waals surface area contributed by atoms with Crippen molar-refractivity contribution in [2.75, 3.05) is 14.2 Å². The zero-order valence-electron chi connectivity index (χ0n) is 10.6. The Balaban J connectivity index is 2.39. The van der Waals surface area contributed by atoms with Crippen LogP contribution in [0, 0.1) is 16.7 Å². The number of aliphatic hydroxyl groups is 1. The van der Waals surface area contributed by atoms with Crippen LogP contribution in [-0.4, -0.2) is 19.3 Å². The lowest BCUT2D eigenvalue weighted by atomic mass is 9.64. The van der Waals surface area contributed by atoms with Crippen molar-refractivity contribution in [1.82, 2.24) is 0 Å². The summed E-state index contributed by atoms with van der Waals surface area (Å²) in [5.41, 5.74) is -0.0438. The van der Waals surface area contributed by atoms with Crippen molar-refractivity contribution in [3.8, 4) is 17.6 Å². The fourth-order valence-electron chi connectivity index (χ4n) is 2.35. The molecule has 0 aromatic heterocycles. The molecule has 1 aromatic rings. The molecule has 1 N–H and O–H groups in total. The SMILES string of the molecule is COc1ccc(OC)c(C(O)C2(C#N)CCC2)c1. The number of hydrogen-bond acceptors (Lipinski definition) is 4. The van der Waals surface area contributed by atoms with Crippen LogP contribution in [0.4, 0.5) is 0 Å². The van der Waals surface area contributed by atoms with Crippen molar-refractivity contribution >= 4 is 0 Å². The van der Waals surface area contributed by atoms with Gasteiger partial charge in [0.1, 0.15) is 17.6 Å². The van der Waals surface area contributed by atoms with E-state index in [0.717, 1.165) is 19.3 Å². The third-order valence-corrected chi connectivity index (χ3v) is 3.72. The average Bonchev–Trinajstić information content (AvgIpc) is 2.37. The van der Waals surface area contributed by atoms with E-state index in [-0.39, 0.29) is 0 Å². The molecule has 0 spiro atoms. The lowest BCUT2D eigenvalue weighted by Gasteiger charge is -2.39. The maximum absolute atomic E-state index is 10.5. The number of nitrogens with zero attached hydrogens (tertiary/aromatic N) is 1. The smallest absolute Gasteiger partial charge is 0.124 e. The second-order valence-electron chi connectivity index (χ2n) is 4.63. The first kappa shape index (κ1) is 12.7. The first-order valence-corrected chi connectivity index (χ1v) is 5.98. The Morgan fingerprint density at radius 2 is 2.06 bits per heavy atom. The molecule has 0 radical (unpaired) electrons. The van der Waals surface area contributed by atoms with Gasteiger partial charge in [-0.15, -0.1) is 0 Å². The summed E-state index contributed by atoms with van der Waals surface area (Å²) in [6.07, 6.45) is 1.61.